The first-order valence-electron chi connectivity index (χ1n) is 8.68. The molecule has 0 aliphatic heterocycles. The molecule has 9 heteroatoms. The van der Waals surface area contributed by atoms with Crippen LogP contribution in [0.2, 0.25) is 0 Å². The van der Waals surface area contributed by atoms with Crippen molar-refractivity contribution in [2.75, 3.05) is 5.75 Å². The lowest BCUT2D eigenvalue weighted by atomic mass is 10.0. The minimum Gasteiger partial charge on any atom is -0.447 e. The second-order valence-corrected chi connectivity index (χ2v) is 9.00. The van der Waals surface area contributed by atoms with Gasteiger partial charge in [-0.3, -0.25) is 4.79 Å². The molecule has 27 heavy (non-hydrogen) atoms. The summed E-state index contributed by atoms with van der Waals surface area (Å²) in [5.41, 5.74) is 0. The molecule has 1 aromatic carbocycles. The molecule has 1 aromatic rings. The van der Waals surface area contributed by atoms with E-state index in [1.54, 1.807) is 34.6 Å². The molecule has 0 saturated heterocycles. The highest BCUT2D eigenvalue weighted by molar-refractivity contribution is 7.91. The highest BCUT2D eigenvalue weighted by Crippen LogP contribution is 2.13. The first-order valence-corrected chi connectivity index (χ1v) is 10.3. The van der Waals surface area contributed by atoms with Gasteiger partial charge in [-0.2, -0.15) is 0 Å². The van der Waals surface area contributed by atoms with E-state index in [9.17, 15) is 22.4 Å². The van der Waals surface area contributed by atoms with Crippen LogP contribution in [0.5, 0.6) is 0 Å². The molecule has 7 nitrogen and oxygen atoms in total. The maximum atomic E-state index is 13.0. The van der Waals surface area contributed by atoms with E-state index in [2.05, 4.69) is 10.6 Å². The van der Waals surface area contributed by atoms with Crippen LogP contribution in [0.3, 0.4) is 0 Å². The number of nitrogens with one attached hydrogen (secondary N) is 2. The van der Waals surface area contributed by atoms with Crippen molar-refractivity contribution in [3.63, 3.8) is 0 Å². The summed E-state index contributed by atoms with van der Waals surface area (Å²) in [6.45, 7) is 8.42. The summed E-state index contributed by atoms with van der Waals surface area (Å²) in [5.74, 6) is -1.63. The van der Waals surface area contributed by atoms with Crippen LogP contribution in [0.15, 0.2) is 29.2 Å². The number of benzene rings is 1. The minimum atomic E-state index is -3.70. The third-order valence-corrected chi connectivity index (χ3v) is 5.53. The molecule has 0 aromatic heterocycles. The number of ether oxygens (including phenoxy) is 1. The Balaban J connectivity index is 2.75. The Morgan fingerprint density at radius 3 is 2.07 bits per heavy atom. The van der Waals surface area contributed by atoms with E-state index >= 15 is 0 Å². The summed E-state index contributed by atoms with van der Waals surface area (Å²) in [7, 11) is -3.70. The van der Waals surface area contributed by atoms with Crippen LogP contribution in [0.4, 0.5) is 9.18 Å². The Hall–Kier alpha value is -2.16. The molecule has 0 aliphatic rings. The van der Waals surface area contributed by atoms with Crippen molar-refractivity contribution in [1.29, 1.82) is 0 Å². The lowest BCUT2D eigenvalue weighted by Crippen LogP contribution is -2.52. The maximum absolute atomic E-state index is 13.0. The molecule has 0 aliphatic carbocycles. The van der Waals surface area contributed by atoms with Gasteiger partial charge in [0.15, 0.2) is 9.84 Å². The Kier molecular flexibility index (Phi) is 8.20. The number of hydrogen-bond acceptors (Lipinski definition) is 5. The quantitative estimate of drug-likeness (QED) is 0.650. The summed E-state index contributed by atoms with van der Waals surface area (Å²) in [5, 5.41) is 5.08. The second-order valence-electron chi connectivity index (χ2n) is 6.97. The molecule has 1 unspecified atom stereocenters. The molecule has 0 saturated carbocycles. The van der Waals surface area contributed by atoms with Gasteiger partial charge in [-0.25, -0.2) is 17.6 Å². The highest BCUT2D eigenvalue weighted by Gasteiger charge is 2.27. The molecule has 152 valence electrons. The van der Waals surface area contributed by atoms with E-state index in [0.29, 0.717) is 0 Å². The lowest BCUT2D eigenvalue weighted by molar-refractivity contribution is -0.124. The molecular formula is C18H27FN2O5S. The van der Waals surface area contributed by atoms with E-state index < -0.39 is 39.7 Å². The number of halogens is 1. The van der Waals surface area contributed by atoms with Crippen LogP contribution in [0.25, 0.3) is 0 Å². The predicted octanol–water partition coefficient (Wildman–Crippen LogP) is 2.26. The smallest absolute Gasteiger partial charge is 0.408 e. The molecule has 2 N–H and O–H groups in total. The zero-order valence-corrected chi connectivity index (χ0v) is 17.0. The summed E-state index contributed by atoms with van der Waals surface area (Å²) < 4.78 is 42.7. The molecule has 0 fully saturated rings. The summed E-state index contributed by atoms with van der Waals surface area (Å²) in [6, 6.07) is 2.91. The molecule has 2 atom stereocenters. The number of alkyl carbamates (subject to hydrolysis) is 1. The Morgan fingerprint density at radius 2 is 1.59 bits per heavy atom. The van der Waals surface area contributed by atoms with Gasteiger partial charge in [0.25, 0.3) is 0 Å². The zero-order chi connectivity index (χ0) is 20.8. The summed E-state index contributed by atoms with van der Waals surface area (Å²) in [6.07, 6.45) is -1.05. The van der Waals surface area contributed by atoms with E-state index in [1.165, 1.54) is 12.1 Å². The van der Waals surface area contributed by atoms with Crippen molar-refractivity contribution in [2.24, 2.45) is 5.92 Å². The van der Waals surface area contributed by atoms with Crippen LogP contribution in [-0.2, 0) is 19.4 Å². The van der Waals surface area contributed by atoms with Crippen molar-refractivity contribution in [2.45, 2.75) is 57.7 Å². The number of carbonyl (C=O) groups is 2. The first-order chi connectivity index (χ1) is 12.4. The van der Waals surface area contributed by atoms with Crippen molar-refractivity contribution < 1.29 is 27.1 Å². The van der Waals surface area contributed by atoms with Crippen LogP contribution < -0.4 is 10.6 Å². The molecular weight excluding hydrogens is 375 g/mol. The topological polar surface area (TPSA) is 102 Å². The number of sulfone groups is 1. The predicted molar refractivity (Wildman–Crippen MR) is 99.4 cm³/mol. The maximum Gasteiger partial charge on any atom is 0.408 e. The third-order valence-electron chi connectivity index (χ3n) is 3.60. The molecule has 0 bridgehead atoms. The van der Waals surface area contributed by atoms with Gasteiger partial charge in [-0.15, -0.1) is 0 Å². The molecule has 0 spiro atoms. The fraction of sp³-hybridized carbons (Fsp3) is 0.556. The van der Waals surface area contributed by atoms with Crippen molar-refractivity contribution in [1.82, 2.24) is 10.6 Å². The van der Waals surface area contributed by atoms with E-state index in [4.69, 9.17) is 4.74 Å². The van der Waals surface area contributed by atoms with E-state index in [0.717, 1.165) is 12.1 Å². The fourth-order valence-corrected chi connectivity index (χ4v) is 3.84. The number of amides is 2. The van der Waals surface area contributed by atoms with Gasteiger partial charge in [0.2, 0.25) is 5.91 Å². The van der Waals surface area contributed by atoms with Crippen molar-refractivity contribution >= 4 is 21.8 Å². The van der Waals surface area contributed by atoms with Gasteiger partial charge in [0.1, 0.15) is 11.9 Å². The molecule has 1 rings (SSSR count). The average Bonchev–Trinajstić information content (AvgIpc) is 2.51. The Bertz CT molecular complexity index is 748. The molecule has 0 radical (unpaired) electrons. The van der Waals surface area contributed by atoms with Crippen LogP contribution in [0.1, 0.15) is 34.6 Å². The number of carbonyl (C=O) groups excluding carboxylic acids is 2. The standard InChI is InChI=1S/C18H27FN2O5S/c1-11(2)16(21-18(23)26-12(3)4)17(22)20-13(5)10-27(24,25)15-8-6-14(19)7-9-15/h6-9,11-13,16H,10H2,1-5H3,(H,20,22)(H,21,23)/t13?,16-/m0/s1. The Morgan fingerprint density at radius 1 is 1.04 bits per heavy atom. The lowest BCUT2D eigenvalue weighted by Gasteiger charge is -2.24. The molecule has 0 heterocycles. The van der Waals surface area contributed by atoms with Gasteiger partial charge in [-0.05, 0) is 51.0 Å². The van der Waals surface area contributed by atoms with Gasteiger partial charge >= 0.3 is 6.09 Å². The van der Waals surface area contributed by atoms with Gasteiger partial charge in [-0.1, -0.05) is 13.8 Å². The average molecular weight is 402 g/mol. The molecule has 2 amide bonds. The number of rotatable bonds is 8. The summed E-state index contributed by atoms with van der Waals surface area (Å²) in [4.78, 5) is 24.2. The van der Waals surface area contributed by atoms with E-state index in [1.807, 2.05) is 0 Å². The fourth-order valence-electron chi connectivity index (χ4n) is 2.35. The minimum absolute atomic E-state index is 0.0240. The third kappa shape index (κ3) is 7.54. The van der Waals surface area contributed by atoms with Gasteiger partial charge in [0.05, 0.1) is 16.8 Å². The SMILES string of the molecule is CC(CS(=O)(=O)c1ccc(F)cc1)NC(=O)[C@@H](NC(=O)OC(C)C)C(C)C. The van der Waals surface area contributed by atoms with Gasteiger partial charge in [0, 0.05) is 6.04 Å². The number of hydrogen-bond donors (Lipinski definition) is 2. The van der Waals surface area contributed by atoms with Crippen molar-refractivity contribution in [3.8, 4) is 0 Å². The van der Waals surface area contributed by atoms with Crippen LogP contribution in [-0.4, -0.2) is 44.4 Å². The Labute approximate surface area is 159 Å². The monoisotopic (exact) mass is 402 g/mol. The van der Waals surface area contributed by atoms with E-state index in [-0.39, 0.29) is 22.7 Å². The second kappa shape index (κ2) is 9.68. The van der Waals surface area contributed by atoms with Crippen molar-refractivity contribution in [3.05, 3.63) is 30.1 Å². The van der Waals surface area contributed by atoms with Crippen LogP contribution in [0, 0.1) is 11.7 Å². The summed E-state index contributed by atoms with van der Waals surface area (Å²) >= 11 is 0. The first kappa shape index (κ1) is 22.9. The van der Waals surface area contributed by atoms with Crippen LogP contribution >= 0.6 is 0 Å². The largest absolute Gasteiger partial charge is 0.447 e. The normalized spacial score (nSPS) is 13.9. The highest BCUT2D eigenvalue weighted by atomic mass is 32.2. The van der Waals surface area contributed by atoms with Gasteiger partial charge < -0.3 is 15.4 Å². The zero-order valence-electron chi connectivity index (χ0n) is 16.2.